The number of rotatable bonds is 7. The molecular weight excluding hydrogens is 237 g/mol. The van der Waals surface area contributed by atoms with E-state index in [1.54, 1.807) is 6.07 Å². The van der Waals surface area contributed by atoms with Gasteiger partial charge < -0.3 is 19.5 Å². The Morgan fingerprint density at radius 3 is 2.78 bits per heavy atom. The lowest BCUT2D eigenvalue weighted by molar-refractivity contribution is 0.0468. The molecule has 102 valence electrons. The number of hydrogen-bond donors (Lipinski definition) is 1. The van der Waals surface area contributed by atoms with E-state index < -0.39 is 6.10 Å². The molecule has 18 heavy (non-hydrogen) atoms. The van der Waals surface area contributed by atoms with E-state index in [4.69, 9.17) is 9.47 Å². The molecule has 1 aromatic rings. The number of aliphatic hydroxyl groups excluding tert-OH is 1. The fraction of sp³-hybridized carbons (Fsp3) is 0.538. The quantitative estimate of drug-likeness (QED) is 0.807. The van der Waals surface area contributed by atoms with Gasteiger partial charge in [-0.15, -0.1) is 0 Å². The highest BCUT2D eigenvalue weighted by Crippen LogP contribution is 2.28. The molecule has 0 fully saturated rings. The molecule has 1 aromatic carbocycles. The monoisotopic (exact) mass is 257 g/mol. The minimum Gasteiger partial charge on any atom is -0.494 e. The standard InChI is InChI=1S/C13H20FNO3/c1-4-18-9-11(16)8-15(2)12-6-5-10(14)7-13(12)17-3/h5-7,11,16H,4,8-9H2,1-3H3/t11-/m1/s1. The highest BCUT2D eigenvalue weighted by Gasteiger charge is 2.13. The van der Waals surface area contributed by atoms with Crippen molar-refractivity contribution in [3.05, 3.63) is 24.0 Å². The third kappa shape index (κ3) is 4.16. The average molecular weight is 257 g/mol. The van der Waals surface area contributed by atoms with Crippen LogP contribution in [-0.2, 0) is 4.74 Å². The molecule has 0 saturated heterocycles. The van der Waals surface area contributed by atoms with Crippen LogP contribution in [0.2, 0.25) is 0 Å². The van der Waals surface area contributed by atoms with Crippen LogP contribution in [0.4, 0.5) is 10.1 Å². The van der Waals surface area contributed by atoms with Crippen molar-refractivity contribution in [2.45, 2.75) is 13.0 Å². The van der Waals surface area contributed by atoms with E-state index in [0.29, 0.717) is 18.9 Å². The van der Waals surface area contributed by atoms with Crippen LogP contribution in [-0.4, -0.2) is 45.1 Å². The predicted octanol–water partition coefficient (Wildman–Crippen LogP) is 1.67. The van der Waals surface area contributed by atoms with E-state index in [0.717, 1.165) is 5.69 Å². The van der Waals surface area contributed by atoms with Gasteiger partial charge in [0.05, 0.1) is 25.5 Å². The van der Waals surface area contributed by atoms with Crippen LogP contribution in [0.3, 0.4) is 0 Å². The van der Waals surface area contributed by atoms with E-state index in [1.807, 2.05) is 18.9 Å². The normalized spacial score (nSPS) is 12.3. The molecule has 4 nitrogen and oxygen atoms in total. The summed E-state index contributed by atoms with van der Waals surface area (Å²) in [6, 6.07) is 4.31. The Morgan fingerprint density at radius 1 is 1.44 bits per heavy atom. The zero-order valence-corrected chi connectivity index (χ0v) is 11.0. The molecule has 1 atom stereocenters. The second-order valence-electron chi connectivity index (χ2n) is 4.01. The number of likely N-dealkylation sites (N-methyl/N-ethyl adjacent to an activating group) is 1. The van der Waals surface area contributed by atoms with E-state index in [2.05, 4.69) is 0 Å². The number of ether oxygens (including phenoxy) is 2. The van der Waals surface area contributed by atoms with Crippen molar-refractivity contribution in [2.75, 3.05) is 38.8 Å². The van der Waals surface area contributed by atoms with Crippen LogP contribution in [0.15, 0.2) is 18.2 Å². The maximum atomic E-state index is 13.1. The lowest BCUT2D eigenvalue weighted by atomic mass is 10.2. The van der Waals surface area contributed by atoms with Crippen LogP contribution < -0.4 is 9.64 Å². The molecule has 0 aliphatic carbocycles. The summed E-state index contributed by atoms with van der Waals surface area (Å²) in [4.78, 5) is 1.81. The van der Waals surface area contributed by atoms with Gasteiger partial charge in [0.15, 0.2) is 0 Å². The highest BCUT2D eigenvalue weighted by atomic mass is 19.1. The first-order chi connectivity index (χ1) is 8.58. The maximum absolute atomic E-state index is 13.1. The van der Waals surface area contributed by atoms with E-state index >= 15 is 0 Å². The first-order valence-electron chi connectivity index (χ1n) is 5.89. The van der Waals surface area contributed by atoms with Gasteiger partial charge in [0.1, 0.15) is 11.6 Å². The number of hydrogen-bond acceptors (Lipinski definition) is 4. The van der Waals surface area contributed by atoms with Gasteiger partial charge >= 0.3 is 0 Å². The van der Waals surface area contributed by atoms with Crippen molar-refractivity contribution in [2.24, 2.45) is 0 Å². The predicted molar refractivity (Wildman–Crippen MR) is 68.7 cm³/mol. The lowest BCUT2D eigenvalue weighted by Crippen LogP contribution is -2.32. The first kappa shape index (κ1) is 14.7. The molecule has 0 aromatic heterocycles. The summed E-state index contributed by atoms with van der Waals surface area (Å²) >= 11 is 0. The largest absolute Gasteiger partial charge is 0.494 e. The zero-order valence-electron chi connectivity index (χ0n) is 11.0. The summed E-state index contributed by atoms with van der Waals surface area (Å²) < 4.78 is 23.3. The molecule has 0 radical (unpaired) electrons. The van der Waals surface area contributed by atoms with Crippen molar-refractivity contribution < 1.29 is 19.0 Å². The number of halogens is 1. The molecule has 0 heterocycles. The molecule has 0 unspecified atom stereocenters. The van der Waals surface area contributed by atoms with Gasteiger partial charge in [-0.05, 0) is 19.1 Å². The van der Waals surface area contributed by atoms with Crippen LogP contribution in [0, 0.1) is 5.82 Å². The molecule has 5 heteroatoms. The van der Waals surface area contributed by atoms with Gasteiger partial charge in [0, 0.05) is 26.3 Å². The van der Waals surface area contributed by atoms with Crippen LogP contribution in [0.1, 0.15) is 6.92 Å². The fourth-order valence-corrected chi connectivity index (χ4v) is 1.69. The summed E-state index contributed by atoms with van der Waals surface area (Å²) in [6.45, 7) is 3.12. The maximum Gasteiger partial charge on any atom is 0.145 e. The SMILES string of the molecule is CCOC[C@H](O)CN(C)c1ccc(F)cc1OC. The van der Waals surface area contributed by atoms with Crippen LogP contribution in [0.25, 0.3) is 0 Å². The third-order valence-electron chi connectivity index (χ3n) is 2.55. The smallest absolute Gasteiger partial charge is 0.145 e. The number of nitrogens with zero attached hydrogens (tertiary/aromatic N) is 1. The minimum absolute atomic E-state index is 0.282. The summed E-state index contributed by atoms with van der Waals surface area (Å²) in [5.74, 6) is 0.0972. The molecule has 0 spiro atoms. The number of methoxy groups -OCH3 is 1. The van der Waals surface area contributed by atoms with Gasteiger partial charge in [-0.1, -0.05) is 0 Å². The zero-order chi connectivity index (χ0) is 13.5. The van der Waals surface area contributed by atoms with E-state index in [-0.39, 0.29) is 12.4 Å². The van der Waals surface area contributed by atoms with Crippen molar-refractivity contribution in [3.8, 4) is 5.75 Å². The van der Waals surface area contributed by atoms with E-state index in [9.17, 15) is 9.50 Å². The van der Waals surface area contributed by atoms with Crippen molar-refractivity contribution in [3.63, 3.8) is 0 Å². The Bertz CT molecular complexity index is 373. The first-order valence-corrected chi connectivity index (χ1v) is 5.89. The van der Waals surface area contributed by atoms with Gasteiger partial charge in [-0.25, -0.2) is 4.39 Å². The average Bonchev–Trinajstić information content (AvgIpc) is 2.35. The third-order valence-corrected chi connectivity index (χ3v) is 2.55. The number of anilines is 1. The number of benzene rings is 1. The van der Waals surface area contributed by atoms with Crippen molar-refractivity contribution in [1.29, 1.82) is 0 Å². The Kier molecular flexibility index (Phi) is 5.88. The molecule has 0 saturated carbocycles. The molecular formula is C13H20FNO3. The summed E-state index contributed by atoms with van der Waals surface area (Å²) in [5, 5.41) is 9.75. The highest BCUT2D eigenvalue weighted by molar-refractivity contribution is 5.58. The summed E-state index contributed by atoms with van der Waals surface area (Å²) in [6.07, 6.45) is -0.593. The topological polar surface area (TPSA) is 41.9 Å². The van der Waals surface area contributed by atoms with Crippen LogP contribution in [0.5, 0.6) is 5.75 Å². The van der Waals surface area contributed by atoms with Gasteiger partial charge in [-0.2, -0.15) is 0 Å². The molecule has 0 bridgehead atoms. The Labute approximate surface area is 107 Å². The van der Waals surface area contributed by atoms with Crippen LogP contribution >= 0.6 is 0 Å². The second-order valence-corrected chi connectivity index (χ2v) is 4.01. The fourth-order valence-electron chi connectivity index (χ4n) is 1.69. The Balaban J connectivity index is 2.68. The minimum atomic E-state index is -0.593. The Hall–Kier alpha value is -1.33. The molecule has 0 aliphatic rings. The summed E-state index contributed by atoms with van der Waals surface area (Å²) in [5.41, 5.74) is 0.731. The molecule has 0 amide bonds. The molecule has 1 N–H and O–H groups in total. The second kappa shape index (κ2) is 7.18. The summed E-state index contributed by atoms with van der Waals surface area (Å²) in [7, 11) is 3.30. The molecule has 1 rings (SSSR count). The van der Waals surface area contributed by atoms with Gasteiger partial charge in [-0.3, -0.25) is 0 Å². The number of aliphatic hydroxyl groups is 1. The molecule has 0 aliphatic heterocycles. The van der Waals surface area contributed by atoms with Gasteiger partial charge in [0.25, 0.3) is 0 Å². The van der Waals surface area contributed by atoms with Gasteiger partial charge in [0.2, 0.25) is 0 Å². The van der Waals surface area contributed by atoms with Crippen molar-refractivity contribution >= 4 is 5.69 Å². The van der Waals surface area contributed by atoms with E-state index in [1.165, 1.54) is 19.2 Å². The van der Waals surface area contributed by atoms with Crippen molar-refractivity contribution in [1.82, 2.24) is 0 Å². The lowest BCUT2D eigenvalue weighted by Gasteiger charge is -2.24. The Morgan fingerprint density at radius 2 is 2.17 bits per heavy atom.